The minimum atomic E-state index is -1.39. The largest absolute Gasteiger partial charge is 0.394 e. The fourth-order valence-electron chi connectivity index (χ4n) is 7.53. The summed E-state index contributed by atoms with van der Waals surface area (Å²) in [5.41, 5.74) is -0.838. The number of hydrogen-bond donors (Lipinski definition) is 1. The summed E-state index contributed by atoms with van der Waals surface area (Å²) in [4.78, 5) is 48.9. The summed E-state index contributed by atoms with van der Waals surface area (Å²) in [5.74, 6) is -2.75. The Balaban J connectivity index is 1.49. The molecule has 2 aromatic rings. The summed E-state index contributed by atoms with van der Waals surface area (Å²) >= 11 is 6.15. The average Bonchev–Trinajstić information content (AvgIpc) is 3.29. The van der Waals surface area contributed by atoms with Crippen LogP contribution in [0.5, 0.6) is 0 Å². The highest BCUT2D eigenvalue weighted by atomic mass is 35.5. The minimum Gasteiger partial charge on any atom is -0.394 e. The van der Waals surface area contributed by atoms with Gasteiger partial charge in [-0.05, 0) is 42.2 Å². The van der Waals surface area contributed by atoms with E-state index in [0.29, 0.717) is 30.2 Å². The van der Waals surface area contributed by atoms with E-state index in [4.69, 9.17) is 16.3 Å². The number of aliphatic hydroxyl groups is 1. The van der Waals surface area contributed by atoms with E-state index in [2.05, 4.69) is 0 Å². The van der Waals surface area contributed by atoms with Gasteiger partial charge in [-0.25, -0.2) is 0 Å². The topological polar surface area (TPSA) is 90.4 Å². The predicted molar refractivity (Wildman–Crippen MR) is 164 cm³/mol. The Morgan fingerprint density at radius 1 is 0.930 bits per heavy atom. The Morgan fingerprint density at radius 2 is 1.63 bits per heavy atom. The van der Waals surface area contributed by atoms with Gasteiger partial charge < -0.3 is 24.5 Å². The summed E-state index contributed by atoms with van der Waals surface area (Å²) < 4.78 is 7.06. The fraction of sp³-hybridized carbons (Fsp3) is 0.441. The third-order valence-corrected chi connectivity index (χ3v) is 9.88. The lowest BCUT2D eigenvalue weighted by molar-refractivity contribution is -0.153. The number of rotatable bonds is 7. The molecule has 0 radical (unpaired) electrons. The van der Waals surface area contributed by atoms with Gasteiger partial charge in [-0.15, -0.1) is 0 Å². The smallest absolute Gasteiger partial charge is 0.253 e. The Labute approximate surface area is 257 Å². The maximum absolute atomic E-state index is 14.8. The molecule has 43 heavy (non-hydrogen) atoms. The molecule has 2 aromatic carbocycles. The third kappa shape index (κ3) is 4.62. The SMILES string of the molecule is CC[C@]12C=CCN(Cc3ccccc3)C(=O)[C@H]1[C@H]1C(=O)N([C@@H](CO)C(C)C)C3C(=O)N(c4ccc(Cl)cc4)CC=C[C@@]31O2. The quantitative estimate of drug-likeness (QED) is 0.479. The molecule has 1 N–H and O–H groups in total. The zero-order valence-corrected chi connectivity index (χ0v) is 25.5. The molecule has 0 saturated carbocycles. The van der Waals surface area contributed by atoms with Crippen molar-refractivity contribution < 1.29 is 24.2 Å². The summed E-state index contributed by atoms with van der Waals surface area (Å²) in [6.45, 7) is 6.52. The number of carbonyl (C=O) groups excluding carboxylic acids is 3. The average molecular weight is 604 g/mol. The van der Waals surface area contributed by atoms with Gasteiger partial charge >= 0.3 is 0 Å². The third-order valence-electron chi connectivity index (χ3n) is 9.63. The molecule has 226 valence electrons. The summed E-state index contributed by atoms with van der Waals surface area (Å²) in [7, 11) is 0. The Bertz CT molecular complexity index is 1460. The van der Waals surface area contributed by atoms with Crippen LogP contribution in [0.3, 0.4) is 0 Å². The van der Waals surface area contributed by atoms with E-state index in [-0.39, 0.29) is 36.8 Å². The number of fused-ring (bicyclic) bond motifs is 2. The van der Waals surface area contributed by atoms with Crippen molar-refractivity contribution >= 4 is 35.0 Å². The highest BCUT2D eigenvalue weighted by Gasteiger charge is 2.76. The zero-order valence-electron chi connectivity index (χ0n) is 24.7. The summed E-state index contributed by atoms with van der Waals surface area (Å²) in [6, 6.07) is 15.1. The lowest BCUT2D eigenvalue weighted by Crippen LogP contribution is -2.60. The molecule has 0 aromatic heterocycles. The van der Waals surface area contributed by atoms with Crippen molar-refractivity contribution in [1.82, 2.24) is 9.80 Å². The second-order valence-corrected chi connectivity index (χ2v) is 12.7. The molecule has 4 aliphatic heterocycles. The minimum absolute atomic E-state index is 0.149. The number of halogens is 1. The van der Waals surface area contributed by atoms with Crippen molar-refractivity contribution in [3.8, 4) is 0 Å². The predicted octanol–water partition coefficient (Wildman–Crippen LogP) is 4.22. The molecule has 2 saturated heterocycles. The van der Waals surface area contributed by atoms with E-state index in [0.717, 1.165) is 5.56 Å². The number of ether oxygens (including phenoxy) is 1. The second-order valence-electron chi connectivity index (χ2n) is 12.3. The second kappa shape index (κ2) is 11.2. The van der Waals surface area contributed by atoms with Gasteiger partial charge in [-0.3, -0.25) is 14.4 Å². The maximum Gasteiger partial charge on any atom is 0.253 e. The van der Waals surface area contributed by atoms with Crippen LogP contribution >= 0.6 is 11.6 Å². The molecule has 2 fully saturated rings. The zero-order chi connectivity index (χ0) is 30.5. The number of carbonyl (C=O) groups is 3. The lowest BCUT2D eigenvalue weighted by atomic mass is 9.73. The van der Waals surface area contributed by atoms with Crippen molar-refractivity contribution in [1.29, 1.82) is 0 Å². The lowest BCUT2D eigenvalue weighted by Gasteiger charge is -2.41. The Hall–Kier alpha value is -3.46. The summed E-state index contributed by atoms with van der Waals surface area (Å²) in [6.07, 6.45) is 8.05. The van der Waals surface area contributed by atoms with Crippen LogP contribution in [0.25, 0.3) is 0 Å². The number of benzene rings is 2. The van der Waals surface area contributed by atoms with E-state index in [1.165, 1.54) is 4.90 Å². The number of aliphatic hydroxyl groups excluding tert-OH is 1. The van der Waals surface area contributed by atoms with Crippen molar-refractivity contribution in [3.05, 3.63) is 89.5 Å². The highest BCUT2D eigenvalue weighted by molar-refractivity contribution is 6.30. The first-order valence-corrected chi connectivity index (χ1v) is 15.4. The molecule has 4 heterocycles. The van der Waals surface area contributed by atoms with Gasteiger partial charge in [-0.2, -0.15) is 0 Å². The first kappa shape index (κ1) is 29.6. The highest BCUT2D eigenvalue weighted by Crippen LogP contribution is 2.59. The molecule has 9 heteroatoms. The number of amides is 3. The van der Waals surface area contributed by atoms with Gasteiger partial charge in [0.2, 0.25) is 11.8 Å². The van der Waals surface area contributed by atoms with Crippen LogP contribution in [0.15, 0.2) is 78.9 Å². The Kier molecular flexibility index (Phi) is 7.73. The van der Waals surface area contributed by atoms with Crippen LogP contribution in [-0.2, 0) is 25.7 Å². The number of hydrogen-bond acceptors (Lipinski definition) is 5. The number of likely N-dealkylation sites (tertiary alicyclic amines) is 1. The van der Waals surface area contributed by atoms with E-state index in [1.807, 2.05) is 75.4 Å². The summed E-state index contributed by atoms with van der Waals surface area (Å²) in [5, 5.41) is 11.1. The van der Waals surface area contributed by atoms with Crippen molar-refractivity contribution in [2.24, 2.45) is 17.8 Å². The molecule has 0 bridgehead atoms. The standard InChI is InChI=1S/C34H38ClN3O5/c1-4-33-16-8-18-36(20-23-10-6-5-7-11-23)30(40)27(33)28-31(41)38(26(21-39)22(2)3)29-32(42)37(19-9-17-34(28,29)43-33)25-14-12-24(35)13-15-25/h5-17,22,26-29,39H,4,18-21H2,1-3H3/t26-,27+,28-,29?,33-,34-/m0/s1. The molecule has 4 aliphatic rings. The van der Waals surface area contributed by atoms with E-state index < -0.39 is 35.1 Å². The molecule has 1 unspecified atom stereocenters. The monoisotopic (exact) mass is 603 g/mol. The van der Waals surface area contributed by atoms with E-state index >= 15 is 0 Å². The van der Waals surface area contributed by atoms with Gasteiger partial charge in [0.25, 0.3) is 5.91 Å². The van der Waals surface area contributed by atoms with Crippen LogP contribution in [0.2, 0.25) is 5.02 Å². The maximum atomic E-state index is 14.8. The first-order chi connectivity index (χ1) is 20.7. The van der Waals surface area contributed by atoms with E-state index in [1.54, 1.807) is 34.1 Å². The van der Waals surface area contributed by atoms with Crippen LogP contribution in [0.4, 0.5) is 5.69 Å². The molecular weight excluding hydrogens is 566 g/mol. The molecular formula is C34H38ClN3O5. The Morgan fingerprint density at radius 3 is 2.28 bits per heavy atom. The fourth-order valence-corrected chi connectivity index (χ4v) is 7.65. The van der Waals surface area contributed by atoms with Gasteiger partial charge in [-0.1, -0.05) is 87.0 Å². The molecule has 0 aliphatic carbocycles. The van der Waals surface area contributed by atoms with E-state index in [9.17, 15) is 19.5 Å². The molecule has 6 rings (SSSR count). The molecule has 6 atom stereocenters. The van der Waals surface area contributed by atoms with Crippen LogP contribution < -0.4 is 4.90 Å². The molecule has 8 nitrogen and oxygen atoms in total. The molecule has 3 amide bonds. The van der Waals surface area contributed by atoms with Gasteiger partial charge in [0.05, 0.1) is 30.1 Å². The van der Waals surface area contributed by atoms with Crippen molar-refractivity contribution in [2.75, 3.05) is 24.6 Å². The van der Waals surface area contributed by atoms with Gasteiger partial charge in [0.1, 0.15) is 11.6 Å². The van der Waals surface area contributed by atoms with Crippen LogP contribution in [0, 0.1) is 17.8 Å². The molecule has 1 spiro atoms. The van der Waals surface area contributed by atoms with Gasteiger partial charge in [0.15, 0.2) is 0 Å². The number of nitrogens with zero attached hydrogens (tertiary/aromatic N) is 3. The van der Waals surface area contributed by atoms with Crippen molar-refractivity contribution in [2.45, 2.75) is 57.0 Å². The van der Waals surface area contributed by atoms with Gasteiger partial charge in [0, 0.05) is 30.3 Å². The normalized spacial score (nSPS) is 30.8. The first-order valence-electron chi connectivity index (χ1n) is 15.1. The van der Waals surface area contributed by atoms with Crippen LogP contribution in [0.1, 0.15) is 32.8 Å². The number of anilines is 1. The van der Waals surface area contributed by atoms with Crippen molar-refractivity contribution in [3.63, 3.8) is 0 Å². The van der Waals surface area contributed by atoms with Crippen LogP contribution in [-0.4, -0.2) is 75.6 Å².